The molecule has 1 heterocycles. The number of hydrogen-bond donors (Lipinski definition) is 1. The van der Waals surface area contributed by atoms with Crippen LogP contribution in [0.4, 0.5) is 0 Å². The third-order valence-electron chi connectivity index (χ3n) is 3.89. The maximum atomic E-state index is 12.5. The summed E-state index contributed by atoms with van der Waals surface area (Å²) < 4.78 is 9.59. The van der Waals surface area contributed by atoms with Gasteiger partial charge in [-0.3, -0.25) is 9.59 Å². The molecule has 0 aromatic rings. The third kappa shape index (κ3) is 2.89. The zero-order valence-corrected chi connectivity index (χ0v) is 12.6. The van der Waals surface area contributed by atoms with E-state index in [2.05, 4.69) is 0 Å². The maximum Gasteiger partial charge on any atom is 0.335 e. The van der Waals surface area contributed by atoms with Crippen molar-refractivity contribution in [2.24, 2.45) is 11.8 Å². The van der Waals surface area contributed by atoms with Gasteiger partial charge in [-0.05, 0) is 18.9 Å². The first-order valence-electron chi connectivity index (χ1n) is 7.09. The van der Waals surface area contributed by atoms with Crippen LogP contribution in [0.3, 0.4) is 0 Å². The summed E-state index contributed by atoms with van der Waals surface area (Å²) in [5.74, 6) is -2.38. The Labute approximate surface area is 128 Å². The van der Waals surface area contributed by atoms with Gasteiger partial charge in [0.25, 0.3) is 0 Å². The topological polar surface area (TPSA) is 93.1 Å². The molecule has 120 valence electrons. The van der Waals surface area contributed by atoms with Crippen molar-refractivity contribution in [3.63, 3.8) is 0 Å². The van der Waals surface area contributed by atoms with Crippen LogP contribution in [0.15, 0.2) is 23.4 Å². The molecule has 7 nitrogen and oxygen atoms in total. The quantitative estimate of drug-likeness (QED) is 0.568. The molecular formula is C15H19NO6. The number of aliphatic hydroxyl groups excluding tert-OH is 1. The van der Waals surface area contributed by atoms with Crippen molar-refractivity contribution in [1.82, 2.24) is 4.90 Å². The number of amides is 1. The Hall–Kier alpha value is -2.15. The van der Waals surface area contributed by atoms with Crippen LogP contribution >= 0.6 is 0 Å². The average molecular weight is 309 g/mol. The molecule has 7 heteroatoms. The van der Waals surface area contributed by atoms with E-state index in [9.17, 15) is 19.5 Å². The van der Waals surface area contributed by atoms with Crippen LogP contribution < -0.4 is 0 Å². The number of methoxy groups -OCH3 is 1. The lowest BCUT2D eigenvalue weighted by Crippen LogP contribution is -2.44. The molecule has 2 aliphatic rings. The second kappa shape index (κ2) is 6.74. The van der Waals surface area contributed by atoms with Crippen LogP contribution in [0.25, 0.3) is 0 Å². The van der Waals surface area contributed by atoms with E-state index in [1.807, 2.05) is 0 Å². The Balaban J connectivity index is 2.31. The van der Waals surface area contributed by atoms with E-state index in [-0.39, 0.29) is 31.6 Å². The van der Waals surface area contributed by atoms with Gasteiger partial charge in [-0.2, -0.15) is 0 Å². The van der Waals surface area contributed by atoms with Gasteiger partial charge >= 0.3 is 11.9 Å². The van der Waals surface area contributed by atoms with E-state index in [4.69, 9.17) is 9.47 Å². The highest BCUT2D eigenvalue weighted by Gasteiger charge is 2.45. The zero-order valence-electron chi connectivity index (χ0n) is 12.6. The predicted molar refractivity (Wildman–Crippen MR) is 75.2 cm³/mol. The molecule has 0 spiro atoms. The standard InChI is InChI=1S/C15H19NO6/c1-3-22-12(18)7-16-6-11(15(20)21-2)10-5-4-9(8-17)13(10)14(16)19/h4,6,10,13,17H,3,5,7-8H2,1-2H3. The summed E-state index contributed by atoms with van der Waals surface area (Å²) in [5, 5.41) is 9.39. The van der Waals surface area contributed by atoms with Crippen LogP contribution in [-0.2, 0) is 23.9 Å². The van der Waals surface area contributed by atoms with Crippen LogP contribution in [0.5, 0.6) is 0 Å². The summed E-state index contributed by atoms with van der Waals surface area (Å²) in [6.07, 6.45) is 3.61. The molecule has 0 aromatic carbocycles. The number of fused-ring (bicyclic) bond motifs is 1. The first-order chi connectivity index (χ1) is 10.5. The number of aliphatic hydroxyl groups is 1. The minimum Gasteiger partial charge on any atom is -0.466 e. The van der Waals surface area contributed by atoms with E-state index in [1.165, 1.54) is 18.2 Å². The largest absolute Gasteiger partial charge is 0.466 e. The lowest BCUT2D eigenvalue weighted by molar-refractivity contribution is -0.149. The molecule has 1 amide bonds. The van der Waals surface area contributed by atoms with Gasteiger partial charge in [0.05, 0.1) is 31.8 Å². The first kappa shape index (κ1) is 16.2. The monoisotopic (exact) mass is 309 g/mol. The van der Waals surface area contributed by atoms with Crippen molar-refractivity contribution in [1.29, 1.82) is 0 Å². The third-order valence-corrected chi connectivity index (χ3v) is 3.89. The van der Waals surface area contributed by atoms with Crippen LogP contribution in [-0.4, -0.2) is 54.7 Å². The fourth-order valence-corrected chi connectivity index (χ4v) is 2.90. The van der Waals surface area contributed by atoms with E-state index in [0.717, 1.165) is 0 Å². The molecule has 2 rings (SSSR count). The molecule has 0 saturated heterocycles. The zero-order chi connectivity index (χ0) is 16.3. The van der Waals surface area contributed by atoms with Gasteiger partial charge in [-0.1, -0.05) is 6.08 Å². The molecule has 0 radical (unpaired) electrons. The Bertz CT molecular complexity index is 550. The molecule has 1 aliphatic carbocycles. The highest BCUT2D eigenvalue weighted by molar-refractivity contribution is 5.96. The van der Waals surface area contributed by atoms with E-state index >= 15 is 0 Å². The summed E-state index contributed by atoms with van der Waals surface area (Å²) in [6, 6.07) is 0. The van der Waals surface area contributed by atoms with Crippen molar-refractivity contribution in [3.05, 3.63) is 23.4 Å². The van der Waals surface area contributed by atoms with Gasteiger partial charge in [-0.25, -0.2) is 4.79 Å². The highest BCUT2D eigenvalue weighted by atomic mass is 16.5. The predicted octanol–water partition coefficient (Wildman–Crippen LogP) is 0.00340. The highest BCUT2D eigenvalue weighted by Crippen LogP contribution is 2.41. The average Bonchev–Trinajstić information content (AvgIpc) is 2.93. The molecule has 1 N–H and O–H groups in total. The van der Waals surface area contributed by atoms with Crippen molar-refractivity contribution >= 4 is 17.8 Å². The SMILES string of the molecule is CCOC(=O)CN1C=C(C(=O)OC)C2CC=C(CO)C2C1=O. The van der Waals surface area contributed by atoms with Crippen molar-refractivity contribution < 1.29 is 29.0 Å². The lowest BCUT2D eigenvalue weighted by atomic mass is 9.82. The maximum absolute atomic E-state index is 12.5. The van der Waals surface area contributed by atoms with Gasteiger partial charge in [-0.15, -0.1) is 0 Å². The van der Waals surface area contributed by atoms with Gasteiger partial charge in [0, 0.05) is 12.1 Å². The number of ether oxygens (including phenoxy) is 2. The van der Waals surface area contributed by atoms with Crippen LogP contribution in [0.1, 0.15) is 13.3 Å². The Morgan fingerprint density at radius 1 is 1.45 bits per heavy atom. The minimum atomic E-state index is -0.626. The molecule has 22 heavy (non-hydrogen) atoms. The number of esters is 2. The van der Waals surface area contributed by atoms with E-state index in [0.29, 0.717) is 17.6 Å². The van der Waals surface area contributed by atoms with Crippen molar-refractivity contribution in [2.75, 3.05) is 26.9 Å². The normalized spacial score (nSPS) is 23.6. The molecule has 2 atom stereocenters. The van der Waals surface area contributed by atoms with Gasteiger partial charge < -0.3 is 19.5 Å². The second-order valence-electron chi connectivity index (χ2n) is 5.10. The van der Waals surface area contributed by atoms with Gasteiger partial charge in [0.1, 0.15) is 6.54 Å². The number of nitrogens with zero attached hydrogens (tertiary/aromatic N) is 1. The number of allylic oxidation sites excluding steroid dienone is 1. The second-order valence-corrected chi connectivity index (χ2v) is 5.10. The molecular weight excluding hydrogens is 290 g/mol. The minimum absolute atomic E-state index is 0.211. The summed E-state index contributed by atoms with van der Waals surface area (Å²) >= 11 is 0. The molecule has 2 unspecified atom stereocenters. The molecule has 0 saturated carbocycles. The Kier molecular flexibility index (Phi) is 4.97. The molecule has 1 aliphatic heterocycles. The summed E-state index contributed by atoms with van der Waals surface area (Å²) in [6.45, 7) is 1.36. The fourth-order valence-electron chi connectivity index (χ4n) is 2.90. The molecule has 0 bridgehead atoms. The number of hydrogen-bond acceptors (Lipinski definition) is 6. The van der Waals surface area contributed by atoms with E-state index < -0.39 is 17.9 Å². The van der Waals surface area contributed by atoms with Gasteiger partial charge in [0.2, 0.25) is 5.91 Å². The summed E-state index contributed by atoms with van der Waals surface area (Å²) in [7, 11) is 1.26. The van der Waals surface area contributed by atoms with Crippen molar-refractivity contribution in [3.8, 4) is 0 Å². The smallest absolute Gasteiger partial charge is 0.335 e. The Morgan fingerprint density at radius 3 is 2.77 bits per heavy atom. The molecule has 0 fully saturated rings. The first-order valence-corrected chi connectivity index (χ1v) is 7.09. The van der Waals surface area contributed by atoms with E-state index in [1.54, 1.807) is 13.0 Å². The van der Waals surface area contributed by atoms with Gasteiger partial charge in [0.15, 0.2) is 0 Å². The number of carbonyl (C=O) groups excluding carboxylic acids is 3. The Morgan fingerprint density at radius 2 is 2.18 bits per heavy atom. The van der Waals surface area contributed by atoms with Crippen LogP contribution in [0.2, 0.25) is 0 Å². The number of rotatable bonds is 5. The van der Waals surface area contributed by atoms with Crippen LogP contribution in [0, 0.1) is 11.8 Å². The summed E-state index contributed by atoms with van der Waals surface area (Å²) in [4.78, 5) is 37.3. The molecule has 0 aromatic heterocycles. The number of carbonyl (C=O) groups is 3. The lowest BCUT2D eigenvalue weighted by Gasteiger charge is -2.33. The fraction of sp³-hybridized carbons (Fsp3) is 0.533. The summed E-state index contributed by atoms with van der Waals surface area (Å²) in [5.41, 5.74) is 0.898. The van der Waals surface area contributed by atoms with Crippen molar-refractivity contribution in [2.45, 2.75) is 13.3 Å².